The van der Waals surface area contributed by atoms with Crippen molar-refractivity contribution in [2.24, 2.45) is 5.41 Å². The summed E-state index contributed by atoms with van der Waals surface area (Å²) in [6.45, 7) is 2.58. The third-order valence-electron chi connectivity index (χ3n) is 1.40. The second-order valence-electron chi connectivity index (χ2n) is 3.09. The molecule has 2 N–H and O–H groups in total. The Balaban J connectivity index is 4.50. The van der Waals surface area contributed by atoms with E-state index >= 15 is 0 Å². The van der Waals surface area contributed by atoms with Gasteiger partial charge in [-0.3, -0.25) is 9.59 Å². The molecule has 0 atom stereocenters. The van der Waals surface area contributed by atoms with Gasteiger partial charge in [-0.05, 0) is 0 Å². The van der Waals surface area contributed by atoms with E-state index in [-0.39, 0.29) is 0 Å². The molecule has 0 fully saturated rings. The minimum absolute atomic E-state index is 0.474. The van der Waals surface area contributed by atoms with Gasteiger partial charge in [0.2, 0.25) is 5.78 Å². The van der Waals surface area contributed by atoms with Gasteiger partial charge in [0.1, 0.15) is 0 Å². The molecule has 0 saturated carbocycles. The molecule has 12 heavy (non-hydrogen) atoms. The number of hydrogen-bond acceptors (Lipinski definition) is 3. The van der Waals surface area contributed by atoms with Crippen molar-refractivity contribution < 1.29 is 24.6 Å². The number of aliphatic carboxylic acids is 2. The smallest absolute Gasteiger partial charge is 0.372 e. The standard InChI is InChI=1S/C7H10O5/c1-7(2,3-4(8)9)5(10)6(11)12/h3H2,1-2H3,(H,8,9)(H,11,12). The Morgan fingerprint density at radius 1 is 1.17 bits per heavy atom. The molecule has 0 rings (SSSR count). The normalized spacial score (nSPS) is 10.8. The number of ketones is 1. The summed E-state index contributed by atoms with van der Waals surface area (Å²) in [5, 5.41) is 16.6. The minimum atomic E-state index is -1.60. The minimum Gasteiger partial charge on any atom is -0.481 e. The lowest BCUT2D eigenvalue weighted by atomic mass is 9.84. The van der Waals surface area contributed by atoms with Crippen LogP contribution >= 0.6 is 0 Å². The van der Waals surface area contributed by atoms with Crippen LogP contribution in [0.1, 0.15) is 20.3 Å². The Hall–Kier alpha value is -1.39. The van der Waals surface area contributed by atoms with Crippen LogP contribution < -0.4 is 0 Å². The first kappa shape index (κ1) is 10.6. The summed E-state index contributed by atoms with van der Waals surface area (Å²) in [4.78, 5) is 31.2. The molecule has 0 radical (unpaired) electrons. The molecule has 68 valence electrons. The second-order valence-corrected chi connectivity index (χ2v) is 3.09. The summed E-state index contributed by atoms with van der Waals surface area (Å²) in [6, 6.07) is 0. The van der Waals surface area contributed by atoms with Crippen LogP contribution in [-0.2, 0) is 14.4 Å². The first-order valence-corrected chi connectivity index (χ1v) is 3.27. The van der Waals surface area contributed by atoms with Crippen LogP contribution in [0.4, 0.5) is 0 Å². The van der Waals surface area contributed by atoms with Gasteiger partial charge in [-0.1, -0.05) is 13.8 Å². The van der Waals surface area contributed by atoms with Crippen molar-refractivity contribution in [1.82, 2.24) is 0 Å². The highest BCUT2D eigenvalue weighted by Crippen LogP contribution is 2.21. The van der Waals surface area contributed by atoms with Crippen LogP contribution in [0.3, 0.4) is 0 Å². The first-order chi connectivity index (χ1) is 5.27. The van der Waals surface area contributed by atoms with Crippen molar-refractivity contribution in [1.29, 1.82) is 0 Å². The molecule has 0 aromatic heterocycles. The lowest BCUT2D eigenvalue weighted by Gasteiger charge is -2.17. The van der Waals surface area contributed by atoms with E-state index in [1.807, 2.05) is 0 Å². The molecule has 0 aromatic rings. The molecule has 0 aliphatic carbocycles. The number of hydrogen-bond donors (Lipinski definition) is 2. The summed E-state index contributed by atoms with van der Waals surface area (Å²) in [7, 11) is 0. The summed E-state index contributed by atoms with van der Waals surface area (Å²) in [6.07, 6.45) is -0.474. The van der Waals surface area contributed by atoms with Crippen molar-refractivity contribution in [2.75, 3.05) is 0 Å². The van der Waals surface area contributed by atoms with Gasteiger partial charge in [0.05, 0.1) is 6.42 Å². The number of carbonyl (C=O) groups is 3. The highest BCUT2D eigenvalue weighted by Gasteiger charge is 2.34. The van der Waals surface area contributed by atoms with Crippen molar-refractivity contribution in [3.8, 4) is 0 Å². The van der Waals surface area contributed by atoms with Crippen LogP contribution in [0.15, 0.2) is 0 Å². The molecule has 0 unspecified atom stereocenters. The average Bonchev–Trinajstić information content (AvgIpc) is 1.82. The first-order valence-electron chi connectivity index (χ1n) is 3.27. The fourth-order valence-electron chi connectivity index (χ4n) is 0.748. The summed E-state index contributed by atoms with van der Waals surface area (Å²) < 4.78 is 0. The van der Waals surface area contributed by atoms with Gasteiger partial charge in [-0.15, -0.1) is 0 Å². The highest BCUT2D eigenvalue weighted by molar-refractivity contribution is 6.35. The molecule has 5 heteroatoms. The predicted octanol–water partition coefficient (Wildman–Crippen LogP) is 0.141. The van der Waals surface area contributed by atoms with Crippen molar-refractivity contribution in [3.63, 3.8) is 0 Å². The van der Waals surface area contributed by atoms with Crippen LogP contribution in [0, 0.1) is 5.41 Å². The molecule has 0 bridgehead atoms. The molecule has 0 aliphatic rings. The van der Waals surface area contributed by atoms with Crippen LogP contribution in [0.25, 0.3) is 0 Å². The summed E-state index contributed by atoms with van der Waals surface area (Å²) >= 11 is 0. The van der Waals surface area contributed by atoms with Crippen molar-refractivity contribution in [2.45, 2.75) is 20.3 Å². The van der Waals surface area contributed by atoms with Gasteiger partial charge in [-0.2, -0.15) is 0 Å². The number of rotatable bonds is 4. The van der Waals surface area contributed by atoms with Crippen molar-refractivity contribution in [3.05, 3.63) is 0 Å². The third kappa shape index (κ3) is 2.69. The second kappa shape index (κ2) is 3.34. The van der Waals surface area contributed by atoms with E-state index < -0.39 is 29.6 Å². The Morgan fingerprint density at radius 2 is 1.58 bits per heavy atom. The highest BCUT2D eigenvalue weighted by atomic mass is 16.4. The van der Waals surface area contributed by atoms with Gasteiger partial charge in [0.25, 0.3) is 0 Å². The molecule has 0 spiro atoms. The van der Waals surface area contributed by atoms with Crippen molar-refractivity contribution >= 4 is 17.7 Å². The molecule has 0 aromatic carbocycles. The lowest BCUT2D eigenvalue weighted by molar-refractivity contribution is -0.155. The Labute approximate surface area is 69.0 Å². The van der Waals surface area contributed by atoms with Gasteiger partial charge in [-0.25, -0.2) is 4.79 Å². The summed E-state index contributed by atoms with van der Waals surface area (Å²) in [5.41, 5.74) is -1.34. The van der Waals surface area contributed by atoms with Crippen LogP contribution in [-0.4, -0.2) is 27.9 Å². The van der Waals surface area contributed by atoms with E-state index in [0.29, 0.717) is 0 Å². The van der Waals surface area contributed by atoms with Gasteiger partial charge in [0.15, 0.2) is 0 Å². The topological polar surface area (TPSA) is 91.7 Å². The zero-order valence-corrected chi connectivity index (χ0v) is 6.83. The van der Waals surface area contributed by atoms with E-state index in [4.69, 9.17) is 10.2 Å². The molecule has 0 amide bonds. The molecular weight excluding hydrogens is 164 g/mol. The van der Waals surface area contributed by atoms with Crippen LogP contribution in [0.2, 0.25) is 0 Å². The SMILES string of the molecule is CC(C)(CC(=O)O)C(=O)C(=O)O. The molecule has 0 aliphatic heterocycles. The monoisotopic (exact) mass is 174 g/mol. The zero-order chi connectivity index (χ0) is 9.94. The predicted molar refractivity (Wildman–Crippen MR) is 38.7 cm³/mol. The lowest BCUT2D eigenvalue weighted by Crippen LogP contribution is -2.33. The Bertz CT molecular complexity index is 228. The molecule has 0 saturated heterocycles. The fourth-order valence-corrected chi connectivity index (χ4v) is 0.748. The van der Waals surface area contributed by atoms with E-state index in [0.717, 1.165) is 0 Å². The molecule has 5 nitrogen and oxygen atoms in total. The average molecular weight is 174 g/mol. The quantitative estimate of drug-likeness (QED) is 0.591. The van der Waals surface area contributed by atoms with Gasteiger partial charge in [0, 0.05) is 5.41 Å². The number of Topliss-reactive ketones (excluding diaryl/α,β-unsaturated/α-hetero) is 1. The Morgan fingerprint density at radius 3 is 1.83 bits per heavy atom. The van der Waals surface area contributed by atoms with Crippen LogP contribution in [0.5, 0.6) is 0 Å². The largest absolute Gasteiger partial charge is 0.481 e. The Kier molecular flexibility index (Phi) is 2.95. The maximum absolute atomic E-state index is 10.8. The van der Waals surface area contributed by atoms with E-state index in [1.54, 1.807) is 0 Å². The fraction of sp³-hybridized carbons (Fsp3) is 0.571. The maximum atomic E-state index is 10.8. The number of carbonyl (C=O) groups excluding carboxylic acids is 1. The van der Waals surface area contributed by atoms with E-state index in [1.165, 1.54) is 13.8 Å². The van der Waals surface area contributed by atoms with E-state index in [9.17, 15) is 14.4 Å². The maximum Gasteiger partial charge on any atom is 0.372 e. The zero-order valence-electron chi connectivity index (χ0n) is 6.83. The number of carboxylic acids is 2. The number of carboxylic acid groups (broad SMARTS) is 2. The summed E-state index contributed by atoms with van der Waals surface area (Å²) in [5.74, 6) is -3.86. The molecular formula is C7H10O5. The third-order valence-corrected chi connectivity index (χ3v) is 1.40. The van der Waals surface area contributed by atoms with Gasteiger partial charge >= 0.3 is 11.9 Å². The van der Waals surface area contributed by atoms with E-state index in [2.05, 4.69) is 0 Å². The molecule has 0 heterocycles. The van der Waals surface area contributed by atoms with Gasteiger partial charge < -0.3 is 10.2 Å².